The van der Waals surface area contributed by atoms with Crippen molar-refractivity contribution < 1.29 is 4.79 Å². The van der Waals surface area contributed by atoms with Crippen molar-refractivity contribution in [2.45, 2.75) is 6.42 Å². The third kappa shape index (κ3) is 3.10. The summed E-state index contributed by atoms with van der Waals surface area (Å²) in [6.45, 7) is 0. The van der Waals surface area contributed by atoms with Gasteiger partial charge in [0.2, 0.25) is 5.91 Å². The Morgan fingerprint density at radius 3 is 2.62 bits per heavy atom. The van der Waals surface area contributed by atoms with Crippen LogP contribution >= 0.6 is 22.6 Å². The van der Waals surface area contributed by atoms with Crippen LogP contribution in [0, 0.1) is 3.57 Å². The van der Waals surface area contributed by atoms with Crippen LogP contribution in [0.25, 0.3) is 10.9 Å². The first-order chi connectivity index (χ1) is 10.1. The Bertz CT molecular complexity index is 790. The van der Waals surface area contributed by atoms with Gasteiger partial charge in [-0.05, 0) is 58.5 Å². The van der Waals surface area contributed by atoms with Crippen molar-refractivity contribution in [3.63, 3.8) is 0 Å². The molecule has 0 aliphatic rings. The molecule has 21 heavy (non-hydrogen) atoms. The van der Waals surface area contributed by atoms with Crippen LogP contribution in [0.3, 0.4) is 0 Å². The number of halogens is 1. The van der Waals surface area contributed by atoms with Gasteiger partial charge in [0.15, 0.2) is 0 Å². The standard InChI is InChI=1S/C17H15IN2O/c1-20-11-12(15-4-2-3-5-16(15)20)10-17(21)19-14-8-6-13(18)7-9-14/h2-9,11H,10H2,1H3,(H,19,21). The Morgan fingerprint density at radius 1 is 1.14 bits per heavy atom. The molecule has 1 aromatic heterocycles. The summed E-state index contributed by atoms with van der Waals surface area (Å²) in [5, 5.41) is 4.08. The van der Waals surface area contributed by atoms with E-state index in [1.165, 1.54) is 0 Å². The summed E-state index contributed by atoms with van der Waals surface area (Å²) >= 11 is 2.25. The average Bonchev–Trinajstić information content (AvgIpc) is 2.78. The highest BCUT2D eigenvalue weighted by Crippen LogP contribution is 2.21. The molecule has 0 saturated carbocycles. The monoisotopic (exact) mass is 390 g/mol. The number of carbonyl (C=O) groups excluding carboxylic acids is 1. The fourth-order valence-electron chi connectivity index (χ4n) is 2.48. The van der Waals surface area contributed by atoms with E-state index in [0.29, 0.717) is 6.42 Å². The molecule has 0 radical (unpaired) electrons. The maximum absolute atomic E-state index is 12.2. The summed E-state index contributed by atoms with van der Waals surface area (Å²) in [7, 11) is 2.00. The number of fused-ring (bicyclic) bond motifs is 1. The molecule has 106 valence electrons. The lowest BCUT2D eigenvalue weighted by molar-refractivity contribution is -0.115. The number of hydrogen-bond donors (Lipinski definition) is 1. The molecule has 0 saturated heterocycles. The summed E-state index contributed by atoms with van der Waals surface area (Å²) in [5.41, 5.74) is 3.03. The Morgan fingerprint density at radius 2 is 1.86 bits per heavy atom. The topological polar surface area (TPSA) is 34.0 Å². The minimum absolute atomic E-state index is 0.00700. The van der Waals surface area contributed by atoms with Crippen molar-refractivity contribution in [3.8, 4) is 0 Å². The number of anilines is 1. The summed E-state index contributed by atoms with van der Waals surface area (Å²) in [5.74, 6) is 0.00700. The van der Waals surface area contributed by atoms with Crippen LogP contribution in [0.2, 0.25) is 0 Å². The van der Waals surface area contributed by atoms with E-state index in [9.17, 15) is 4.79 Å². The van der Waals surface area contributed by atoms with Crippen LogP contribution < -0.4 is 5.32 Å². The van der Waals surface area contributed by atoms with Crippen LogP contribution in [0.1, 0.15) is 5.56 Å². The van der Waals surface area contributed by atoms with Gasteiger partial charge >= 0.3 is 0 Å². The van der Waals surface area contributed by atoms with Crippen LogP contribution in [0.15, 0.2) is 54.7 Å². The maximum atomic E-state index is 12.2. The van der Waals surface area contributed by atoms with E-state index in [1.54, 1.807) is 0 Å². The Hall–Kier alpha value is -1.82. The zero-order valence-electron chi connectivity index (χ0n) is 11.6. The first kappa shape index (κ1) is 14.1. The van der Waals surface area contributed by atoms with Crippen molar-refractivity contribution in [2.24, 2.45) is 7.05 Å². The molecular weight excluding hydrogens is 375 g/mol. The molecule has 0 atom stereocenters. The third-order valence-corrected chi connectivity index (χ3v) is 4.18. The fourth-order valence-corrected chi connectivity index (χ4v) is 2.84. The number of aryl methyl sites for hydroxylation is 1. The molecule has 0 bridgehead atoms. The quantitative estimate of drug-likeness (QED) is 0.675. The second kappa shape index (κ2) is 5.89. The number of rotatable bonds is 3. The van der Waals surface area contributed by atoms with E-state index in [1.807, 2.05) is 49.6 Å². The maximum Gasteiger partial charge on any atom is 0.228 e. The molecule has 0 fully saturated rings. The van der Waals surface area contributed by atoms with E-state index in [2.05, 4.69) is 44.6 Å². The molecule has 1 amide bonds. The van der Waals surface area contributed by atoms with Gasteiger partial charge < -0.3 is 9.88 Å². The molecule has 4 heteroatoms. The van der Waals surface area contributed by atoms with Crippen LogP contribution in [-0.2, 0) is 18.3 Å². The molecule has 1 heterocycles. The van der Waals surface area contributed by atoms with Crippen molar-refractivity contribution in [3.05, 3.63) is 63.9 Å². The largest absolute Gasteiger partial charge is 0.350 e. The molecular formula is C17H15IN2O. The van der Waals surface area contributed by atoms with Crippen molar-refractivity contribution in [1.82, 2.24) is 4.57 Å². The zero-order chi connectivity index (χ0) is 14.8. The zero-order valence-corrected chi connectivity index (χ0v) is 13.8. The van der Waals surface area contributed by atoms with E-state index >= 15 is 0 Å². The first-order valence-corrected chi connectivity index (χ1v) is 7.80. The highest BCUT2D eigenvalue weighted by Gasteiger charge is 2.10. The lowest BCUT2D eigenvalue weighted by Gasteiger charge is -2.04. The second-order valence-electron chi connectivity index (χ2n) is 5.01. The molecule has 0 spiro atoms. The lowest BCUT2D eigenvalue weighted by atomic mass is 10.1. The van der Waals surface area contributed by atoms with Gasteiger partial charge in [-0.15, -0.1) is 0 Å². The molecule has 0 unspecified atom stereocenters. The van der Waals surface area contributed by atoms with E-state index < -0.39 is 0 Å². The number of para-hydroxylation sites is 1. The van der Waals surface area contributed by atoms with Gasteiger partial charge in [-0.25, -0.2) is 0 Å². The van der Waals surface area contributed by atoms with Gasteiger partial charge in [-0.2, -0.15) is 0 Å². The van der Waals surface area contributed by atoms with Crippen LogP contribution in [0.5, 0.6) is 0 Å². The summed E-state index contributed by atoms with van der Waals surface area (Å²) in [4.78, 5) is 12.2. The predicted octanol–water partition coefficient (Wildman–Crippen LogP) is 3.96. The number of amides is 1. The Kier molecular flexibility index (Phi) is 3.96. The van der Waals surface area contributed by atoms with Gasteiger partial charge in [0.1, 0.15) is 0 Å². The van der Waals surface area contributed by atoms with E-state index in [-0.39, 0.29) is 5.91 Å². The second-order valence-corrected chi connectivity index (χ2v) is 6.26. The van der Waals surface area contributed by atoms with Crippen molar-refractivity contribution >= 4 is 45.1 Å². The fraction of sp³-hybridized carbons (Fsp3) is 0.118. The molecule has 2 aromatic carbocycles. The van der Waals surface area contributed by atoms with Crippen LogP contribution in [0.4, 0.5) is 5.69 Å². The lowest BCUT2D eigenvalue weighted by Crippen LogP contribution is -2.14. The predicted molar refractivity (Wildman–Crippen MR) is 94.4 cm³/mol. The Labute approximate surface area is 137 Å². The van der Waals surface area contributed by atoms with Crippen molar-refractivity contribution in [1.29, 1.82) is 0 Å². The van der Waals surface area contributed by atoms with Gasteiger partial charge in [-0.3, -0.25) is 4.79 Å². The highest BCUT2D eigenvalue weighted by atomic mass is 127. The number of nitrogens with one attached hydrogen (secondary N) is 1. The number of nitrogens with zero attached hydrogens (tertiary/aromatic N) is 1. The van der Waals surface area contributed by atoms with E-state index in [0.717, 1.165) is 25.7 Å². The summed E-state index contributed by atoms with van der Waals surface area (Å²) in [6.07, 6.45) is 2.41. The molecule has 0 aliphatic carbocycles. The van der Waals surface area contributed by atoms with Gasteiger partial charge in [0.25, 0.3) is 0 Å². The van der Waals surface area contributed by atoms with Gasteiger partial charge in [-0.1, -0.05) is 18.2 Å². The summed E-state index contributed by atoms with van der Waals surface area (Å²) < 4.78 is 3.21. The van der Waals surface area contributed by atoms with Crippen LogP contribution in [-0.4, -0.2) is 10.5 Å². The minimum atomic E-state index is 0.00700. The normalized spacial score (nSPS) is 10.8. The first-order valence-electron chi connectivity index (χ1n) is 6.72. The molecule has 3 rings (SSSR count). The minimum Gasteiger partial charge on any atom is -0.350 e. The SMILES string of the molecule is Cn1cc(CC(=O)Nc2ccc(I)cc2)c2ccccc21. The van der Waals surface area contributed by atoms with Crippen molar-refractivity contribution in [2.75, 3.05) is 5.32 Å². The third-order valence-electron chi connectivity index (χ3n) is 3.46. The average molecular weight is 390 g/mol. The summed E-state index contributed by atoms with van der Waals surface area (Å²) in [6, 6.07) is 15.9. The molecule has 3 aromatic rings. The number of aromatic nitrogens is 1. The number of carbonyl (C=O) groups is 1. The van der Waals surface area contributed by atoms with Gasteiger partial charge in [0, 0.05) is 33.4 Å². The molecule has 0 aliphatic heterocycles. The molecule has 3 nitrogen and oxygen atoms in total. The smallest absolute Gasteiger partial charge is 0.228 e. The Balaban J connectivity index is 1.79. The molecule has 1 N–H and O–H groups in total. The highest BCUT2D eigenvalue weighted by molar-refractivity contribution is 14.1. The van der Waals surface area contributed by atoms with Gasteiger partial charge in [0.05, 0.1) is 6.42 Å². The van der Waals surface area contributed by atoms with E-state index in [4.69, 9.17) is 0 Å². The number of hydrogen-bond acceptors (Lipinski definition) is 1. The number of benzene rings is 2.